The van der Waals surface area contributed by atoms with Crippen molar-refractivity contribution in [2.24, 2.45) is 0 Å². The minimum atomic E-state index is -0.769. The Morgan fingerprint density at radius 3 is 2.47 bits per heavy atom. The van der Waals surface area contributed by atoms with E-state index in [0.29, 0.717) is 11.6 Å². The van der Waals surface area contributed by atoms with Crippen LogP contribution in [0.2, 0.25) is 0 Å². The van der Waals surface area contributed by atoms with Gasteiger partial charge in [-0.05, 0) is 29.8 Å². The predicted molar refractivity (Wildman–Crippen MR) is 72.0 cm³/mol. The summed E-state index contributed by atoms with van der Waals surface area (Å²) in [6.45, 7) is 0. The summed E-state index contributed by atoms with van der Waals surface area (Å²) < 4.78 is 13.5. The summed E-state index contributed by atoms with van der Waals surface area (Å²) in [5, 5.41) is 12.0. The average Bonchev–Trinajstić information content (AvgIpc) is 2.39. The van der Waals surface area contributed by atoms with E-state index < -0.39 is 17.5 Å². The molecule has 2 N–H and O–H groups in total. The highest BCUT2D eigenvalue weighted by atomic mass is 35.5. The maximum absolute atomic E-state index is 13.5. The van der Waals surface area contributed by atoms with Crippen LogP contribution in [0.15, 0.2) is 42.5 Å². The van der Waals surface area contributed by atoms with Gasteiger partial charge in [0.15, 0.2) is 0 Å². The van der Waals surface area contributed by atoms with Crippen LogP contribution in [0.5, 0.6) is 5.75 Å². The molecule has 0 radical (unpaired) electrons. The lowest BCUT2D eigenvalue weighted by molar-refractivity contribution is 0.102. The van der Waals surface area contributed by atoms with Crippen LogP contribution in [0.3, 0.4) is 0 Å². The zero-order chi connectivity index (χ0) is 13.8. The first kappa shape index (κ1) is 13.4. The molecule has 0 fully saturated rings. The van der Waals surface area contributed by atoms with Crippen LogP contribution in [0.25, 0.3) is 0 Å². The van der Waals surface area contributed by atoms with Gasteiger partial charge in [0.25, 0.3) is 5.91 Å². The van der Waals surface area contributed by atoms with Crippen molar-refractivity contribution in [3.05, 3.63) is 59.4 Å². The first-order valence-electron chi connectivity index (χ1n) is 5.55. The molecule has 2 aromatic carbocycles. The molecule has 0 aliphatic heterocycles. The quantitative estimate of drug-likeness (QED) is 0.845. The maximum atomic E-state index is 13.5. The number of hydrogen-bond acceptors (Lipinski definition) is 2. The molecular formula is C14H11ClFNO2. The van der Waals surface area contributed by atoms with Gasteiger partial charge >= 0.3 is 0 Å². The molecule has 0 heterocycles. The molecule has 0 aliphatic carbocycles. The van der Waals surface area contributed by atoms with Crippen LogP contribution >= 0.6 is 11.6 Å². The minimum absolute atomic E-state index is 0.371. The van der Waals surface area contributed by atoms with Gasteiger partial charge in [-0.1, -0.05) is 18.2 Å². The Bertz CT molecular complexity index is 579. The van der Waals surface area contributed by atoms with E-state index in [9.17, 15) is 14.3 Å². The second-order valence-electron chi connectivity index (χ2n) is 3.92. The molecule has 2 rings (SSSR count). The Morgan fingerprint density at radius 2 is 1.89 bits per heavy atom. The van der Waals surface area contributed by atoms with Crippen LogP contribution in [0.1, 0.15) is 15.9 Å². The summed E-state index contributed by atoms with van der Waals surface area (Å²) in [6.07, 6.45) is 0. The van der Waals surface area contributed by atoms with E-state index in [1.807, 2.05) is 0 Å². The third kappa shape index (κ3) is 3.03. The zero-order valence-corrected chi connectivity index (χ0v) is 10.6. The number of phenolic OH excluding ortho intramolecular Hbond substituents is 1. The molecule has 98 valence electrons. The standard InChI is InChI=1S/C14H11ClFNO2/c15-8-9-4-6-10(7-5-9)17-14(19)13-11(16)2-1-3-12(13)18/h1-7,18H,8H2,(H,17,19). The number of aromatic hydroxyl groups is 1. The highest BCUT2D eigenvalue weighted by Gasteiger charge is 2.16. The highest BCUT2D eigenvalue weighted by molar-refractivity contribution is 6.17. The van der Waals surface area contributed by atoms with Gasteiger partial charge in [0.2, 0.25) is 0 Å². The zero-order valence-electron chi connectivity index (χ0n) is 9.86. The topological polar surface area (TPSA) is 49.3 Å². The van der Waals surface area contributed by atoms with E-state index in [0.717, 1.165) is 11.6 Å². The van der Waals surface area contributed by atoms with Crippen molar-refractivity contribution in [2.75, 3.05) is 5.32 Å². The van der Waals surface area contributed by atoms with E-state index in [1.165, 1.54) is 12.1 Å². The van der Waals surface area contributed by atoms with Gasteiger partial charge in [0.05, 0.1) is 0 Å². The van der Waals surface area contributed by atoms with E-state index in [2.05, 4.69) is 5.32 Å². The van der Waals surface area contributed by atoms with Crippen molar-refractivity contribution in [3.63, 3.8) is 0 Å². The lowest BCUT2D eigenvalue weighted by atomic mass is 10.1. The van der Waals surface area contributed by atoms with Crippen molar-refractivity contribution in [1.82, 2.24) is 0 Å². The number of benzene rings is 2. The number of carbonyl (C=O) groups is 1. The second kappa shape index (κ2) is 5.71. The average molecular weight is 280 g/mol. The number of carbonyl (C=O) groups excluding carboxylic acids is 1. The van der Waals surface area contributed by atoms with Crippen molar-refractivity contribution in [3.8, 4) is 5.75 Å². The Labute approximate surface area is 114 Å². The molecule has 19 heavy (non-hydrogen) atoms. The summed E-state index contributed by atoms with van der Waals surface area (Å²) in [6, 6.07) is 10.5. The summed E-state index contributed by atoms with van der Waals surface area (Å²) in [5.41, 5.74) is 1.04. The molecular weight excluding hydrogens is 269 g/mol. The normalized spacial score (nSPS) is 10.2. The predicted octanol–water partition coefficient (Wildman–Crippen LogP) is 3.52. The first-order chi connectivity index (χ1) is 9.11. The molecule has 3 nitrogen and oxygen atoms in total. The summed E-state index contributed by atoms with van der Waals surface area (Å²) in [5.74, 6) is -1.48. The van der Waals surface area contributed by atoms with Crippen LogP contribution in [0.4, 0.5) is 10.1 Å². The largest absolute Gasteiger partial charge is 0.507 e. The van der Waals surface area contributed by atoms with Gasteiger partial charge in [-0.3, -0.25) is 4.79 Å². The fourth-order valence-corrected chi connectivity index (χ4v) is 1.79. The molecule has 0 unspecified atom stereocenters. The Morgan fingerprint density at radius 1 is 1.21 bits per heavy atom. The van der Waals surface area contributed by atoms with Gasteiger partial charge in [-0.15, -0.1) is 11.6 Å². The second-order valence-corrected chi connectivity index (χ2v) is 4.19. The molecule has 5 heteroatoms. The Kier molecular flexibility index (Phi) is 4.02. The van der Waals surface area contributed by atoms with Crippen molar-refractivity contribution in [1.29, 1.82) is 0 Å². The van der Waals surface area contributed by atoms with Crippen molar-refractivity contribution >= 4 is 23.2 Å². The summed E-state index contributed by atoms with van der Waals surface area (Å²) in [7, 11) is 0. The van der Waals surface area contributed by atoms with E-state index in [1.54, 1.807) is 24.3 Å². The molecule has 0 saturated heterocycles. The number of anilines is 1. The SMILES string of the molecule is O=C(Nc1ccc(CCl)cc1)c1c(O)cccc1F. The summed E-state index contributed by atoms with van der Waals surface area (Å²) in [4.78, 5) is 11.9. The van der Waals surface area contributed by atoms with E-state index in [4.69, 9.17) is 11.6 Å². The number of nitrogens with one attached hydrogen (secondary N) is 1. The molecule has 0 saturated carbocycles. The van der Waals surface area contributed by atoms with Gasteiger partial charge in [-0.25, -0.2) is 4.39 Å². The molecule has 0 atom stereocenters. The fourth-order valence-electron chi connectivity index (χ4n) is 1.61. The van der Waals surface area contributed by atoms with Gasteiger partial charge in [0.1, 0.15) is 17.1 Å². The summed E-state index contributed by atoms with van der Waals surface area (Å²) >= 11 is 5.65. The Balaban J connectivity index is 2.21. The minimum Gasteiger partial charge on any atom is -0.507 e. The van der Waals surface area contributed by atoms with Crippen molar-refractivity contribution in [2.45, 2.75) is 5.88 Å². The van der Waals surface area contributed by atoms with Crippen LogP contribution < -0.4 is 5.32 Å². The van der Waals surface area contributed by atoms with Crippen LogP contribution in [0, 0.1) is 5.82 Å². The number of phenols is 1. The van der Waals surface area contributed by atoms with Gasteiger partial charge < -0.3 is 10.4 Å². The monoisotopic (exact) mass is 279 g/mol. The maximum Gasteiger partial charge on any atom is 0.262 e. The smallest absolute Gasteiger partial charge is 0.262 e. The number of alkyl halides is 1. The highest BCUT2D eigenvalue weighted by Crippen LogP contribution is 2.21. The van der Waals surface area contributed by atoms with E-state index >= 15 is 0 Å². The molecule has 0 spiro atoms. The lowest BCUT2D eigenvalue weighted by Gasteiger charge is -2.08. The number of rotatable bonds is 3. The lowest BCUT2D eigenvalue weighted by Crippen LogP contribution is -2.14. The molecule has 0 aliphatic rings. The number of amides is 1. The third-order valence-electron chi connectivity index (χ3n) is 2.58. The van der Waals surface area contributed by atoms with Crippen LogP contribution in [-0.2, 0) is 5.88 Å². The van der Waals surface area contributed by atoms with Gasteiger partial charge in [0, 0.05) is 11.6 Å². The third-order valence-corrected chi connectivity index (χ3v) is 2.89. The molecule has 0 bridgehead atoms. The fraction of sp³-hybridized carbons (Fsp3) is 0.0714. The first-order valence-corrected chi connectivity index (χ1v) is 6.09. The van der Waals surface area contributed by atoms with Crippen LogP contribution in [-0.4, -0.2) is 11.0 Å². The van der Waals surface area contributed by atoms with E-state index in [-0.39, 0.29) is 5.56 Å². The van der Waals surface area contributed by atoms with Crippen molar-refractivity contribution < 1.29 is 14.3 Å². The molecule has 1 amide bonds. The van der Waals surface area contributed by atoms with Gasteiger partial charge in [-0.2, -0.15) is 0 Å². The number of halogens is 2. The molecule has 0 aromatic heterocycles. The number of hydrogen-bond donors (Lipinski definition) is 2. The Hall–Kier alpha value is -2.07. The molecule has 2 aromatic rings.